The average molecular weight is 370 g/mol. The number of nitrogens with zero attached hydrogens (tertiary/aromatic N) is 1. The molecule has 1 heterocycles. The van der Waals surface area contributed by atoms with Crippen molar-refractivity contribution in [2.24, 2.45) is 5.16 Å². The predicted molar refractivity (Wildman–Crippen MR) is 101 cm³/mol. The van der Waals surface area contributed by atoms with E-state index in [9.17, 15) is 9.18 Å². The summed E-state index contributed by atoms with van der Waals surface area (Å²) in [7, 11) is 1.60. The first-order valence-electron chi connectivity index (χ1n) is 8.93. The number of para-hydroxylation sites is 1. The minimum atomic E-state index is -1.04. The molecule has 2 aromatic rings. The zero-order valence-electron chi connectivity index (χ0n) is 15.5. The van der Waals surface area contributed by atoms with E-state index in [1.807, 2.05) is 24.3 Å². The van der Waals surface area contributed by atoms with Crippen molar-refractivity contribution in [1.82, 2.24) is 5.32 Å². The number of oxime groups is 1. The Hall–Kier alpha value is -2.89. The van der Waals surface area contributed by atoms with Gasteiger partial charge < -0.3 is 14.9 Å². The Balaban J connectivity index is 1.51. The maximum absolute atomic E-state index is 12.9. The number of halogens is 1. The Morgan fingerprint density at radius 1 is 1.26 bits per heavy atom. The molecular formula is C21H23FN2O3. The Labute approximate surface area is 158 Å². The van der Waals surface area contributed by atoms with Gasteiger partial charge in [-0.15, -0.1) is 0 Å². The monoisotopic (exact) mass is 370 g/mol. The van der Waals surface area contributed by atoms with Gasteiger partial charge in [-0.2, -0.15) is 0 Å². The van der Waals surface area contributed by atoms with Gasteiger partial charge in [-0.05, 0) is 49.6 Å². The molecule has 1 aliphatic heterocycles. The van der Waals surface area contributed by atoms with E-state index in [-0.39, 0.29) is 11.7 Å². The van der Waals surface area contributed by atoms with Crippen LogP contribution in [0, 0.1) is 5.82 Å². The number of methoxy groups -OCH3 is 1. The summed E-state index contributed by atoms with van der Waals surface area (Å²) in [5.74, 6) is 0.253. The standard InChI is InChI=1S/C21H23FN2O3/c1-21(14-18(24-27-21)17-7-3-4-8-19(17)26-2)20(25)23-13-5-6-15-9-11-16(22)12-10-15/h3-4,7-12H,5-6,13-14H2,1-2H3,(H,23,25)/t21-/m1/s1. The van der Waals surface area contributed by atoms with Crippen LogP contribution in [0.2, 0.25) is 0 Å². The van der Waals surface area contributed by atoms with E-state index in [1.54, 1.807) is 26.2 Å². The highest BCUT2D eigenvalue weighted by Gasteiger charge is 2.42. The number of hydrogen-bond donors (Lipinski definition) is 1. The second kappa shape index (κ2) is 8.20. The van der Waals surface area contributed by atoms with Crippen LogP contribution >= 0.6 is 0 Å². The van der Waals surface area contributed by atoms with Crippen LogP contribution < -0.4 is 10.1 Å². The normalized spacial score (nSPS) is 18.6. The molecule has 0 aliphatic carbocycles. The highest BCUT2D eigenvalue weighted by molar-refractivity contribution is 6.07. The van der Waals surface area contributed by atoms with Gasteiger partial charge in [0.05, 0.1) is 12.8 Å². The van der Waals surface area contributed by atoms with Gasteiger partial charge in [-0.3, -0.25) is 4.79 Å². The zero-order chi connectivity index (χ0) is 19.3. The van der Waals surface area contributed by atoms with Crippen molar-refractivity contribution in [3.63, 3.8) is 0 Å². The fourth-order valence-corrected chi connectivity index (χ4v) is 3.02. The topological polar surface area (TPSA) is 59.9 Å². The van der Waals surface area contributed by atoms with Crippen LogP contribution in [0.5, 0.6) is 5.75 Å². The summed E-state index contributed by atoms with van der Waals surface area (Å²) in [4.78, 5) is 18.0. The van der Waals surface area contributed by atoms with Gasteiger partial charge in [0.15, 0.2) is 0 Å². The molecule has 1 aliphatic rings. The SMILES string of the molecule is COc1ccccc1C1=NO[C@@](C)(C(=O)NCCCc2ccc(F)cc2)C1. The number of hydrogen-bond acceptors (Lipinski definition) is 4. The van der Waals surface area contributed by atoms with Crippen molar-refractivity contribution in [1.29, 1.82) is 0 Å². The van der Waals surface area contributed by atoms with E-state index >= 15 is 0 Å². The molecule has 1 N–H and O–H groups in total. The molecule has 27 heavy (non-hydrogen) atoms. The van der Waals surface area contributed by atoms with Crippen LogP contribution in [-0.4, -0.2) is 30.9 Å². The summed E-state index contributed by atoms with van der Waals surface area (Å²) < 4.78 is 18.3. The van der Waals surface area contributed by atoms with Gasteiger partial charge in [0, 0.05) is 18.5 Å². The summed E-state index contributed by atoms with van der Waals surface area (Å²) in [5.41, 5.74) is 1.52. The number of rotatable bonds is 7. The molecule has 0 bridgehead atoms. The highest BCUT2D eigenvalue weighted by atomic mass is 19.1. The molecule has 0 unspecified atom stereocenters. The molecule has 0 radical (unpaired) electrons. The lowest BCUT2D eigenvalue weighted by Gasteiger charge is -2.20. The number of carbonyl (C=O) groups is 1. The lowest BCUT2D eigenvalue weighted by Crippen LogP contribution is -2.45. The lowest BCUT2D eigenvalue weighted by atomic mass is 9.94. The Morgan fingerprint density at radius 3 is 2.74 bits per heavy atom. The summed E-state index contributed by atoms with van der Waals surface area (Å²) in [6.45, 7) is 2.24. The second-order valence-electron chi connectivity index (χ2n) is 6.72. The summed E-state index contributed by atoms with van der Waals surface area (Å²) in [6.07, 6.45) is 1.89. The van der Waals surface area contributed by atoms with Gasteiger partial charge in [0.2, 0.25) is 5.60 Å². The molecular weight excluding hydrogens is 347 g/mol. The molecule has 142 valence electrons. The number of carbonyl (C=O) groups excluding carboxylic acids is 1. The molecule has 3 rings (SSSR count). The van der Waals surface area contributed by atoms with Gasteiger partial charge in [-0.25, -0.2) is 4.39 Å². The molecule has 0 aromatic heterocycles. The first-order chi connectivity index (χ1) is 13.0. The third kappa shape index (κ3) is 4.45. The number of ether oxygens (including phenoxy) is 1. The van der Waals surface area contributed by atoms with E-state index in [2.05, 4.69) is 10.5 Å². The summed E-state index contributed by atoms with van der Waals surface area (Å²) in [5, 5.41) is 7.02. The third-order valence-corrected chi connectivity index (χ3v) is 4.60. The predicted octanol–water partition coefficient (Wildman–Crippen LogP) is 3.47. The Kier molecular flexibility index (Phi) is 5.74. The molecule has 0 fully saturated rings. The van der Waals surface area contributed by atoms with Crippen molar-refractivity contribution in [3.05, 3.63) is 65.5 Å². The fraction of sp³-hybridized carbons (Fsp3) is 0.333. The van der Waals surface area contributed by atoms with E-state index in [1.165, 1.54) is 12.1 Å². The van der Waals surface area contributed by atoms with Crippen molar-refractivity contribution in [2.75, 3.05) is 13.7 Å². The molecule has 5 nitrogen and oxygen atoms in total. The first-order valence-corrected chi connectivity index (χ1v) is 8.93. The first kappa shape index (κ1) is 18.9. The number of benzene rings is 2. The van der Waals surface area contributed by atoms with Crippen LogP contribution in [0.25, 0.3) is 0 Å². The van der Waals surface area contributed by atoms with Crippen molar-refractivity contribution >= 4 is 11.6 Å². The van der Waals surface area contributed by atoms with E-state index < -0.39 is 5.60 Å². The molecule has 6 heteroatoms. The largest absolute Gasteiger partial charge is 0.496 e. The molecule has 2 aromatic carbocycles. The van der Waals surface area contributed by atoms with Crippen molar-refractivity contribution in [2.45, 2.75) is 31.8 Å². The van der Waals surface area contributed by atoms with Crippen molar-refractivity contribution < 1.29 is 18.8 Å². The van der Waals surface area contributed by atoms with Crippen molar-refractivity contribution in [3.8, 4) is 5.75 Å². The molecule has 0 saturated carbocycles. The Morgan fingerprint density at radius 2 is 2.00 bits per heavy atom. The quantitative estimate of drug-likeness (QED) is 0.760. The van der Waals surface area contributed by atoms with Crippen LogP contribution in [0.15, 0.2) is 53.7 Å². The van der Waals surface area contributed by atoms with Gasteiger partial charge in [0.25, 0.3) is 5.91 Å². The minimum absolute atomic E-state index is 0.199. The Bertz CT molecular complexity index is 836. The third-order valence-electron chi connectivity index (χ3n) is 4.60. The summed E-state index contributed by atoms with van der Waals surface area (Å²) in [6, 6.07) is 13.9. The van der Waals surface area contributed by atoms with Gasteiger partial charge in [0.1, 0.15) is 11.6 Å². The van der Waals surface area contributed by atoms with E-state index in [4.69, 9.17) is 9.57 Å². The van der Waals surface area contributed by atoms with Crippen LogP contribution in [0.1, 0.15) is 30.9 Å². The molecule has 0 spiro atoms. The average Bonchev–Trinajstić information content (AvgIpc) is 3.10. The fourth-order valence-electron chi connectivity index (χ4n) is 3.02. The molecule has 0 saturated heterocycles. The number of amides is 1. The van der Waals surface area contributed by atoms with E-state index in [0.717, 1.165) is 24.0 Å². The zero-order valence-corrected chi connectivity index (χ0v) is 15.5. The molecule has 1 amide bonds. The second-order valence-corrected chi connectivity index (χ2v) is 6.72. The van der Waals surface area contributed by atoms with Gasteiger partial charge in [-0.1, -0.05) is 29.4 Å². The lowest BCUT2D eigenvalue weighted by molar-refractivity contribution is -0.141. The van der Waals surface area contributed by atoms with E-state index in [0.29, 0.717) is 24.4 Å². The smallest absolute Gasteiger partial charge is 0.267 e. The molecule has 1 atom stereocenters. The minimum Gasteiger partial charge on any atom is -0.496 e. The van der Waals surface area contributed by atoms with Gasteiger partial charge >= 0.3 is 0 Å². The van der Waals surface area contributed by atoms with Crippen LogP contribution in [-0.2, 0) is 16.1 Å². The van der Waals surface area contributed by atoms with Crippen LogP contribution in [0.4, 0.5) is 4.39 Å². The number of nitrogens with one attached hydrogen (secondary N) is 1. The van der Waals surface area contributed by atoms with Crippen LogP contribution in [0.3, 0.4) is 0 Å². The maximum Gasteiger partial charge on any atom is 0.267 e. The maximum atomic E-state index is 12.9. The number of aryl methyl sites for hydroxylation is 1. The summed E-state index contributed by atoms with van der Waals surface area (Å²) >= 11 is 0. The highest BCUT2D eigenvalue weighted by Crippen LogP contribution is 2.30.